The third-order valence-electron chi connectivity index (χ3n) is 3.94. The molecule has 0 fully saturated rings. The van der Waals surface area contributed by atoms with Crippen LogP contribution in [0.4, 0.5) is 0 Å². The lowest BCUT2D eigenvalue weighted by molar-refractivity contribution is 0.0471. The standard InChI is InChI=1S/C20H22O6/c1-12-6-7-14(13(2)8-12)16(21)11-26-20(22)15-9-18(24-4)19(25-5)10-17(15)23-3/h6-10H,11H2,1-5H3. The molecule has 0 atom stereocenters. The van der Waals surface area contributed by atoms with Crippen molar-refractivity contribution in [1.29, 1.82) is 0 Å². The Hall–Kier alpha value is -3.02. The number of methoxy groups -OCH3 is 3. The topological polar surface area (TPSA) is 71.1 Å². The van der Waals surface area contributed by atoms with Crippen LogP contribution in [-0.2, 0) is 4.74 Å². The van der Waals surface area contributed by atoms with E-state index in [1.165, 1.54) is 33.5 Å². The number of hydrogen-bond acceptors (Lipinski definition) is 6. The molecular weight excluding hydrogens is 336 g/mol. The molecule has 0 radical (unpaired) electrons. The van der Waals surface area contributed by atoms with Crippen molar-refractivity contribution in [3.63, 3.8) is 0 Å². The lowest BCUT2D eigenvalue weighted by atomic mass is 10.0. The van der Waals surface area contributed by atoms with Gasteiger partial charge in [-0.05, 0) is 19.4 Å². The summed E-state index contributed by atoms with van der Waals surface area (Å²) in [5.74, 6) is 0.107. The third kappa shape index (κ3) is 4.14. The first-order valence-electron chi connectivity index (χ1n) is 7.98. The molecule has 26 heavy (non-hydrogen) atoms. The van der Waals surface area contributed by atoms with Crippen molar-refractivity contribution in [2.24, 2.45) is 0 Å². The van der Waals surface area contributed by atoms with Crippen LogP contribution in [0.1, 0.15) is 31.8 Å². The Morgan fingerprint density at radius 1 is 0.808 bits per heavy atom. The van der Waals surface area contributed by atoms with E-state index in [0.29, 0.717) is 17.1 Å². The third-order valence-corrected chi connectivity index (χ3v) is 3.94. The van der Waals surface area contributed by atoms with E-state index in [9.17, 15) is 9.59 Å². The van der Waals surface area contributed by atoms with Gasteiger partial charge in [0.1, 0.15) is 11.3 Å². The number of carbonyl (C=O) groups excluding carboxylic acids is 2. The summed E-state index contributed by atoms with van der Waals surface area (Å²) < 4.78 is 20.8. The Morgan fingerprint density at radius 3 is 2.00 bits per heavy atom. The van der Waals surface area contributed by atoms with Crippen molar-refractivity contribution in [2.75, 3.05) is 27.9 Å². The monoisotopic (exact) mass is 358 g/mol. The zero-order valence-corrected chi connectivity index (χ0v) is 15.5. The fraction of sp³-hybridized carbons (Fsp3) is 0.300. The van der Waals surface area contributed by atoms with Gasteiger partial charge in [0.25, 0.3) is 0 Å². The minimum absolute atomic E-state index is 0.151. The van der Waals surface area contributed by atoms with E-state index in [0.717, 1.165) is 11.1 Å². The molecular formula is C20H22O6. The molecule has 2 aromatic carbocycles. The van der Waals surface area contributed by atoms with Crippen LogP contribution in [0.3, 0.4) is 0 Å². The number of aryl methyl sites for hydroxylation is 2. The molecule has 0 saturated heterocycles. The second kappa shape index (κ2) is 8.38. The average molecular weight is 358 g/mol. The molecule has 0 N–H and O–H groups in total. The van der Waals surface area contributed by atoms with E-state index in [2.05, 4.69) is 0 Å². The van der Waals surface area contributed by atoms with Crippen LogP contribution in [0, 0.1) is 13.8 Å². The molecule has 6 nitrogen and oxygen atoms in total. The minimum atomic E-state index is -0.680. The number of esters is 1. The zero-order valence-electron chi connectivity index (χ0n) is 15.5. The number of ether oxygens (including phenoxy) is 4. The molecule has 0 aromatic heterocycles. The van der Waals surface area contributed by atoms with E-state index in [-0.39, 0.29) is 23.7 Å². The highest BCUT2D eigenvalue weighted by molar-refractivity contribution is 6.01. The second-order valence-corrected chi connectivity index (χ2v) is 5.73. The van der Waals surface area contributed by atoms with Crippen LogP contribution < -0.4 is 14.2 Å². The molecule has 0 saturated carbocycles. The second-order valence-electron chi connectivity index (χ2n) is 5.73. The number of rotatable bonds is 7. The predicted octanol–water partition coefficient (Wildman–Crippen LogP) is 3.37. The van der Waals surface area contributed by atoms with E-state index in [1.807, 2.05) is 26.0 Å². The van der Waals surface area contributed by atoms with Gasteiger partial charge in [0.2, 0.25) is 5.78 Å². The molecule has 2 rings (SSSR count). The summed E-state index contributed by atoms with van der Waals surface area (Å²) in [6.45, 7) is 3.43. The first-order chi connectivity index (χ1) is 12.4. The van der Waals surface area contributed by atoms with Gasteiger partial charge in [0.15, 0.2) is 18.1 Å². The Bertz CT molecular complexity index is 825. The van der Waals surface area contributed by atoms with Gasteiger partial charge in [-0.2, -0.15) is 0 Å². The van der Waals surface area contributed by atoms with Gasteiger partial charge in [-0.1, -0.05) is 23.8 Å². The highest BCUT2D eigenvalue weighted by atomic mass is 16.5. The maximum absolute atomic E-state index is 12.4. The number of carbonyl (C=O) groups is 2. The van der Waals surface area contributed by atoms with Crippen molar-refractivity contribution in [3.8, 4) is 17.2 Å². The van der Waals surface area contributed by atoms with E-state index >= 15 is 0 Å². The Labute approximate surface area is 152 Å². The van der Waals surface area contributed by atoms with Crippen molar-refractivity contribution < 1.29 is 28.5 Å². The normalized spacial score (nSPS) is 10.2. The SMILES string of the molecule is COc1cc(OC)c(C(=O)OCC(=O)c2ccc(C)cc2C)cc1OC. The van der Waals surface area contributed by atoms with Gasteiger partial charge in [0, 0.05) is 17.7 Å². The summed E-state index contributed by atoms with van der Waals surface area (Å²) in [4.78, 5) is 24.8. The molecule has 138 valence electrons. The summed E-state index contributed by atoms with van der Waals surface area (Å²) in [6.07, 6.45) is 0. The van der Waals surface area contributed by atoms with Crippen LogP contribution in [0.2, 0.25) is 0 Å². The van der Waals surface area contributed by atoms with Crippen LogP contribution in [0.25, 0.3) is 0 Å². The zero-order chi connectivity index (χ0) is 19.3. The largest absolute Gasteiger partial charge is 0.496 e. The van der Waals surface area contributed by atoms with Crippen molar-refractivity contribution in [1.82, 2.24) is 0 Å². The quantitative estimate of drug-likeness (QED) is 0.558. The lowest BCUT2D eigenvalue weighted by Crippen LogP contribution is -2.16. The van der Waals surface area contributed by atoms with Crippen molar-refractivity contribution in [2.45, 2.75) is 13.8 Å². The molecule has 0 aliphatic carbocycles. The average Bonchev–Trinajstić information content (AvgIpc) is 2.64. The molecule has 0 spiro atoms. The summed E-state index contributed by atoms with van der Waals surface area (Å²) in [7, 11) is 4.37. The molecule has 0 heterocycles. The number of Topliss-reactive ketones (excluding diaryl/α,β-unsaturated/α-hetero) is 1. The van der Waals surface area contributed by atoms with Gasteiger partial charge < -0.3 is 18.9 Å². The Kier molecular flexibility index (Phi) is 6.22. The van der Waals surface area contributed by atoms with Crippen LogP contribution >= 0.6 is 0 Å². The van der Waals surface area contributed by atoms with Crippen LogP contribution in [0.5, 0.6) is 17.2 Å². The smallest absolute Gasteiger partial charge is 0.342 e. The number of hydrogen-bond donors (Lipinski definition) is 0. The van der Waals surface area contributed by atoms with Gasteiger partial charge in [-0.15, -0.1) is 0 Å². The summed E-state index contributed by atoms with van der Waals surface area (Å²) in [5.41, 5.74) is 2.59. The molecule has 2 aromatic rings. The maximum Gasteiger partial charge on any atom is 0.342 e. The fourth-order valence-electron chi connectivity index (χ4n) is 2.60. The minimum Gasteiger partial charge on any atom is -0.496 e. The van der Waals surface area contributed by atoms with Crippen molar-refractivity contribution in [3.05, 3.63) is 52.6 Å². The first kappa shape index (κ1) is 19.3. The maximum atomic E-state index is 12.4. The molecule has 0 bridgehead atoms. The first-order valence-corrected chi connectivity index (χ1v) is 7.98. The van der Waals surface area contributed by atoms with E-state index < -0.39 is 5.97 Å². The number of ketones is 1. The van der Waals surface area contributed by atoms with E-state index in [1.54, 1.807) is 6.07 Å². The van der Waals surface area contributed by atoms with Crippen molar-refractivity contribution >= 4 is 11.8 Å². The predicted molar refractivity (Wildman–Crippen MR) is 96.6 cm³/mol. The van der Waals surface area contributed by atoms with Gasteiger partial charge in [-0.25, -0.2) is 4.79 Å². The highest BCUT2D eigenvalue weighted by Gasteiger charge is 2.20. The summed E-state index contributed by atoms with van der Waals surface area (Å²) in [6, 6.07) is 8.48. The fourth-order valence-corrected chi connectivity index (χ4v) is 2.60. The molecule has 0 aliphatic rings. The Balaban J connectivity index is 2.18. The van der Waals surface area contributed by atoms with Gasteiger partial charge in [-0.3, -0.25) is 4.79 Å². The lowest BCUT2D eigenvalue weighted by Gasteiger charge is -2.13. The van der Waals surface area contributed by atoms with Crippen LogP contribution in [-0.4, -0.2) is 39.7 Å². The summed E-state index contributed by atoms with van der Waals surface area (Å²) in [5, 5.41) is 0. The van der Waals surface area contributed by atoms with E-state index in [4.69, 9.17) is 18.9 Å². The molecule has 0 aliphatic heterocycles. The van der Waals surface area contributed by atoms with Gasteiger partial charge >= 0.3 is 5.97 Å². The molecule has 0 unspecified atom stereocenters. The van der Waals surface area contributed by atoms with Crippen LogP contribution in [0.15, 0.2) is 30.3 Å². The Morgan fingerprint density at radius 2 is 1.42 bits per heavy atom. The highest BCUT2D eigenvalue weighted by Crippen LogP contribution is 2.34. The molecule has 0 amide bonds. The molecule has 6 heteroatoms. The number of benzene rings is 2. The summed E-state index contributed by atoms with van der Waals surface area (Å²) >= 11 is 0. The van der Waals surface area contributed by atoms with Gasteiger partial charge in [0.05, 0.1) is 21.3 Å².